The third-order valence-electron chi connectivity index (χ3n) is 3.60. The van der Waals surface area contributed by atoms with Crippen LogP contribution in [-0.4, -0.2) is 26.5 Å². The highest BCUT2D eigenvalue weighted by Gasteiger charge is 2.14. The Morgan fingerprint density at radius 1 is 1.25 bits per heavy atom. The first-order valence-corrected chi connectivity index (χ1v) is 7.21. The average molecular weight is 331 g/mol. The van der Waals surface area contributed by atoms with E-state index in [-0.39, 0.29) is 5.56 Å². The van der Waals surface area contributed by atoms with Gasteiger partial charge in [0.1, 0.15) is 5.56 Å². The molecular weight excluding hydrogens is 314 g/mol. The number of carbonyl (C=O) groups excluding carboxylic acids is 1. The molecule has 1 aromatic heterocycles. The van der Waals surface area contributed by atoms with Gasteiger partial charge in [-0.25, -0.2) is 4.79 Å². The Morgan fingerprint density at radius 2 is 1.88 bits per heavy atom. The van der Waals surface area contributed by atoms with Crippen molar-refractivity contribution in [2.75, 3.05) is 5.32 Å². The molecular formula is C16H17N3O5. The van der Waals surface area contributed by atoms with Gasteiger partial charge in [0.15, 0.2) is 0 Å². The van der Waals surface area contributed by atoms with Gasteiger partial charge in [0.2, 0.25) is 0 Å². The fourth-order valence-electron chi connectivity index (χ4n) is 2.09. The fraction of sp³-hybridized carbons (Fsp3) is 0.250. The largest absolute Gasteiger partial charge is 0.481 e. The quantitative estimate of drug-likeness (QED) is 0.740. The maximum absolute atomic E-state index is 12.1. The van der Waals surface area contributed by atoms with Gasteiger partial charge in [0.25, 0.3) is 11.5 Å². The molecule has 1 heterocycles. The summed E-state index contributed by atoms with van der Waals surface area (Å²) in [6.45, 7) is 1.62. The number of hydrogen-bond donors (Lipinski definition) is 3. The molecule has 0 bridgehead atoms. The highest BCUT2D eigenvalue weighted by molar-refractivity contribution is 6.03. The van der Waals surface area contributed by atoms with E-state index in [1.807, 2.05) is 0 Å². The molecule has 126 valence electrons. The summed E-state index contributed by atoms with van der Waals surface area (Å²) < 4.78 is 0.811. The summed E-state index contributed by atoms with van der Waals surface area (Å²) in [6, 6.07) is 6.66. The molecule has 0 saturated carbocycles. The predicted molar refractivity (Wildman–Crippen MR) is 87.2 cm³/mol. The zero-order valence-corrected chi connectivity index (χ0v) is 13.2. The monoisotopic (exact) mass is 331 g/mol. The van der Waals surface area contributed by atoms with Crippen LogP contribution in [0.4, 0.5) is 5.69 Å². The van der Waals surface area contributed by atoms with Crippen LogP contribution in [0.2, 0.25) is 0 Å². The number of aromatic nitrogens is 2. The van der Waals surface area contributed by atoms with Gasteiger partial charge >= 0.3 is 11.7 Å². The second kappa shape index (κ2) is 6.95. The molecule has 1 aromatic carbocycles. The van der Waals surface area contributed by atoms with Gasteiger partial charge < -0.3 is 15.4 Å². The number of rotatable bonds is 5. The Kier molecular flexibility index (Phi) is 4.98. The number of carboxylic acids is 1. The standard InChI is InChI=1S/C16H17N3O5/c1-9(15(22)23)7-10-3-5-11(6-4-10)18-13(20)12-8-17-16(24)19(2)14(12)21/h3-6,8-9H,7H2,1-2H3,(H,17,24)(H,18,20)(H,22,23)/t9-/m1/s1. The number of hydrogen-bond acceptors (Lipinski definition) is 4. The van der Waals surface area contributed by atoms with Crippen molar-refractivity contribution in [3.8, 4) is 0 Å². The van der Waals surface area contributed by atoms with E-state index in [9.17, 15) is 19.2 Å². The first-order chi connectivity index (χ1) is 11.3. The number of benzene rings is 1. The zero-order valence-electron chi connectivity index (χ0n) is 13.2. The van der Waals surface area contributed by atoms with Crippen LogP contribution < -0.4 is 16.6 Å². The van der Waals surface area contributed by atoms with Crippen molar-refractivity contribution in [3.63, 3.8) is 0 Å². The van der Waals surface area contributed by atoms with E-state index in [0.29, 0.717) is 12.1 Å². The summed E-state index contributed by atoms with van der Waals surface area (Å²) in [5, 5.41) is 11.5. The van der Waals surface area contributed by atoms with E-state index < -0.39 is 29.0 Å². The summed E-state index contributed by atoms with van der Waals surface area (Å²) >= 11 is 0. The lowest BCUT2D eigenvalue weighted by Gasteiger charge is -2.08. The smallest absolute Gasteiger partial charge is 0.328 e. The van der Waals surface area contributed by atoms with Gasteiger partial charge in [-0.3, -0.25) is 19.0 Å². The second-order valence-corrected chi connectivity index (χ2v) is 5.47. The molecule has 0 fully saturated rings. The van der Waals surface area contributed by atoms with Crippen LogP contribution in [0.3, 0.4) is 0 Å². The van der Waals surface area contributed by atoms with Crippen molar-refractivity contribution in [3.05, 3.63) is 62.4 Å². The van der Waals surface area contributed by atoms with Gasteiger partial charge in [-0.05, 0) is 24.1 Å². The Bertz CT molecular complexity index is 880. The highest BCUT2D eigenvalue weighted by Crippen LogP contribution is 2.14. The normalized spacial score (nSPS) is 11.8. The molecule has 0 radical (unpaired) electrons. The van der Waals surface area contributed by atoms with E-state index in [1.54, 1.807) is 31.2 Å². The van der Waals surface area contributed by atoms with Gasteiger partial charge in [0.05, 0.1) is 5.92 Å². The van der Waals surface area contributed by atoms with Crippen LogP contribution in [0.5, 0.6) is 0 Å². The molecule has 1 amide bonds. The van der Waals surface area contributed by atoms with E-state index in [4.69, 9.17) is 5.11 Å². The van der Waals surface area contributed by atoms with E-state index in [2.05, 4.69) is 10.3 Å². The number of H-pyrrole nitrogens is 1. The molecule has 0 spiro atoms. The Balaban J connectivity index is 2.13. The molecule has 3 N–H and O–H groups in total. The molecule has 8 nitrogen and oxygen atoms in total. The number of aliphatic carboxylic acids is 1. The van der Waals surface area contributed by atoms with Crippen LogP contribution in [0.1, 0.15) is 22.8 Å². The van der Waals surface area contributed by atoms with Crippen molar-refractivity contribution in [2.45, 2.75) is 13.3 Å². The molecule has 0 unspecified atom stereocenters. The van der Waals surface area contributed by atoms with Crippen molar-refractivity contribution in [2.24, 2.45) is 13.0 Å². The third-order valence-corrected chi connectivity index (χ3v) is 3.60. The van der Waals surface area contributed by atoms with E-state index in [0.717, 1.165) is 16.3 Å². The minimum absolute atomic E-state index is 0.180. The molecule has 0 aliphatic carbocycles. The van der Waals surface area contributed by atoms with Crippen molar-refractivity contribution >= 4 is 17.6 Å². The molecule has 2 aromatic rings. The predicted octanol–water partition coefficient (Wildman–Crippen LogP) is 0.589. The van der Waals surface area contributed by atoms with E-state index in [1.165, 1.54) is 7.05 Å². The van der Waals surface area contributed by atoms with Crippen LogP contribution in [0, 0.1) is 5.92 Å². The maximum atomic E-state index is 12.1. The van der Waals surface area contributed by atoms with Crippen LogP contribution >= 0.6 is 0 Å². The highest BCUT2D eigenvalue weighted by atomic mass is 16.4. The van der Waals surface area contributed by atoms with Crippen LogP contribution in [0.15, 0.2) is 40.1 Å². The number of anilines is 1. The molecule has 0 aliphatic rings. The lowest BCUT2D eigenvalue weighted by Crippen LogP contribution is -2.37. The molecule has 0 aliphatic heterocycles. The average Bonchev–Trinajstić information content (AvgIpc) is 2.54. The molecule has 0 saturated heterocycles. The molecule has 2 rings (SSSR count). The first kappa shape index (κ1) is 17.2. The number of carbonyl (C=O) groups is 2. The van der Waals surface area contributed by atoms with Crippen molar-refractivity contribution < 1.29 is 14.7 Å². The van der Waals surface area contributed by atoms with Gasteiger partial charge in [-0.1, -0.05) is 19.1 Å². The summed E-state index contributed by atoms with van der Waals surface area (Å²) in [5.41, 5.74) is -0.194. The topological polar surface area (TPSA) is 121 Å². The van der Waals surface area contributed by atoms with Crippen molar-refractivity contribution in [1.29, 1.82) is 0 Å². The zero-order chi connectivity index (χ0) is 17.9. The Morgan fingerprint density at radius 3 is 2.46 bits per heavy atom. The lowest BCUT2D eigenvalue weighted by atomic mass is 10.0. The molecule has 1 atom stereocenters. The van der Waals surface area contributed by atoms with Crippen molar-refractivity contribution in [1.82, 2.24) is 9.55 Å². The van der Waals surface area contributed by atoms with Gasteiger partial charge in [-0.2, -0.15) is 0 Å². The first-order valence-electron chi connectivity index (χ1n) is 7.21. The lowest BCUT2D eigenvalue weighted by molar-refractivity contribution is -0.141. The fourth-order valence-corrected chi connectivity index (χ4v) is 2.09. The summed E-state index contributed by atoms with van der Waals surface area (Å²) in [7, 11) is 1.27. The summed E-state index contributed by atoms with van der Waals surface area (Å²) in [5.74, 6) is -2.02. The third kappa shape index (κ3) is 3.78. The number of amides is 1. The molecule has 8 heteroatoms. The Hall–Kier alpha value is -3.16. The van der Waals surface area contributed by atoms with Gasteiger partial charge in [0, 0.05) is 18.9 Å². The summed E-state index contributed by atoms with van der Waals surface area (Å²) in [4.78, 5) is 48.4. The van der Waals surface area contributed by atoms with Crippen LogP contribution in [-0.2, 0) is 18.3 Å². The number of aromatic amines is 1. The second-order valence-electron chi connectivity index (χ2n) is 5.47. The Labute approximate surface area is 136 Å². The van der Waals surface area contributed by atoms with Crippen LogP contribution in [0.25, 0.3) is 0 Å². The number of nitrogens with zero attached hydrogens (tertiary/aromatic N) is 1. The number of nitrogens with one attached hydrogen (secondary N) is 2. The number of carboxylic acid groups (broad SMARTS) is 1. The minimum Gasteiger partial charge on any atom is -0.481 e. The minimum atomic E-state index is -0.874. The maximum Gasteiger partial charge on any atom is 0.328 e. The SMILES string of the molecule is C[C@H](Cc1ccc(NC(=O)c2c[nH]c(=O)n(C)c2=O)cc1)C(=O)O. The summed E-state index contributed by atoms with van der Waals surface area (Å²) in [6.07, 6.45) is 1.45. The molecule has 24 heavy (non-hydrogen) atoms. The van der Waals surface area contributed by atoms with E-state index >= 15 is 0 Å². The van der Waals surface area contributed by atoms with Gasteiger partial charge in [-0.15, -0.1) is 0 Å².